The number of ether oxygens (including phenoxy) is 2. The van der Waals surface area contributed by atoms with Crippen molar-refractivity contribution in [1.82, 2.24) is 19.5 Å². The van der Waals surface area contributed by atoms with Gasteiger partial charge in [-0.1, -0.05) is 11.6 Å². The highest BCUT2D eigenvalue weighted by Crippen LogP contribution is 2.33. The van der Waals surface area contributed by atoms with Crippen molar-refractivity contribution in [1.29, 1.82) is 0 Å². The molecule has 1 aliphatic heterocycles. The van der Waals surface area contributed by atoms with Crippen LogP contribution >= 0.6 is 11.6 Å². The van der Waals surface area contributed by atoms with E-state index in [1.54, 1.807) is 0 Å². The number of aliphatic hydroxyl groups excluding tert-OH is 2. The first-order valence-corrected chi connectivity index (χ1v) is 6.71. The Morgan fingerprint density at radius 1 is 1.26 bits per heavy atom. The first-order chi connectivity index (χ1) is 10.8. The molecule has 0 radical (unpaired) electrons. The third kappa shape index (κ3) is 3.10. The van der Waals surface area contributed by atoms with Crippen molar-refractivity contribution in [2.45, 2.75) is 30.9 Å². The summed E-state index contributed by atoms with van der Waals surface area (Å²) < 4.78 is 46.4. The van der Waals surface area contributed by atoms with E-state index in [2.05, 4.69) is 19.7 Å². The number of halogens is 4. The molecule has 23 heavy (non-hydrogen) atoms. The van der Waals surface area contributed by atoms with E-state index in [4.69, 9.17) is 16.3 Å². The minimum absolute atomic E-state index is 0.0683. The fourth-order valence-electron chi connectivity index (χ4n) is 2.28. The van der Waals surface area contributed by atoms with E-state index in [1.807, 2.05) is 0 Å². The van der Waals surface area contributed by atoms with Gasteiger partial charge >= 0.3 is 6.36 Å². The van der Waals surface area contributed by atoms with Crippen LogP contribution in [0.2, 0.25) is 5.15 Å². The fraction of sp³-hybridized carbons (Fsp3) is 0.545. The average molecular weight is 355 g/mol. The van der Waals surface area contributed by atoms with E-state index in [0.717, 1.165) is 6.33 Å². The van der Waals surface area contributed by atoms with Crippen molar-refractivity contribution in [3.05, 3.63) is 17.8 Å². The van der Waals surface area contributed by atoms with E-state index in [-0.39, 0.29) is 16.3 Å². The molecular weight excluding hydrogens is 345 g/mol. The second-order valence-corrected chi connectivity index (χ2v) is 5.15. The molecule has 4 atom stereocenters. The molecule has 1 saturated heterocycles. The SMILES string of the molecule is O[C@@H]1[C@H](O)[C@@H](COC(F)(F)F)O[C@H]1n1cnc2c(Cl)ncnc21. The second-order valence-electron chi connectivity index (χ2n) is 4.79. The summed E-state index contributed by atoms with van der Waals surface area (Å²) in [4.78, 5) is 11.6. The monoisotopic (exact) mass is 354 g/mol. The lowest BCUT2D eigenvalue weighted by atomic mass is 10.1. The van der Waals surface area contributed by atoms with Gasteiger partial charge in [0.1, 0.15) is 30.2 Å². The molecule has 0 aliphatic carbocycles. The highest BCUT2D eigenvalue weighted by atomic mass is 35.5. The topological polar surface area (TPSA) is 103 Å². The van der Waals surface area contributed by atoms with Gasteiger partial charge in [0.15, 0.2) is 17.0 Å². The van der Waals surface area contributed by atoms with Crippen LogP contribution in [0.5, 0.6) is 0 Å². The zero-order valence-corrected chi connectivity index (χ0v) is 11.9. The van der Waals surface area contributed by atoms with Crippen molar-refractivity contribution in [2.24, 2.45) is 0 Å². The molecule has 2 aromatic heterocycles. The maximum absolute atomic E-state index is 12.1. The van der Waals surface area contributed by atoms with Gasteiger partial charge in [0.2, 0.25) is 0 Å². The summed E-state index contributed by atoms with van der Waals surface area (Å²) in [5, 5.41) is 19.9. The lowest BCUT2D eigenvalue weighted by Gasteiger charge is -2.16. The van der Waals surface area contributed by atoms with E-state index in [9.17, 15) is 23.4 Å². The summed E-state index contributed by atoms with van der Waals surface area (Å²) in [5.74, 6) is 0. The standard InChI is InChI=1S/C11H10ClF3N4O4/c12-8-5-9(17-2-16-8)19(3-18-5)10-7(21)6(20)4(23-10)1-22-11(13,14)15/h2-4,6-7,10,20-21H,1H2/t4-,6-,7-,10-/m1/s1. The molecule has 1 fully saturated rings. The molecule has 8 nitrogen and oxygen atoms in total. The Balaban J connectivity index is 1.84. The number of fused-ring (bicyclic) bond motifs is 1. The van der Waals surface area contributed by atoms with Crippen molar-refractivity contribution in [3.63, 3.8) is 0 Å². The smallest absolute Gasteiger partial charge is 0.387 e. The van der Waals surface area contributed by atoms with Gasteiger partial charge < -0.3 is 14.9 Å². The zero-order valence-electron chi connectivity index (χ0n) is 11.2. The van der Waals surface area contributed by atoms with Crippen molar-refractivity contribution in [3.8, 4) is 0 Å². The third-order valence-corrected chi connectivity index (χ3v) is 3.61. The minimum Gasteiger partial charge on any atom is -0.387 e. The minimum atomic E-state index is -4.87. The zero-order chi connectivity index (χ0) is 16.8. The van der Waals surface area contributed by atoms with Crippen LogP contribution in [0.25, 0.3) is 11.2 Å². The van der Waals surface area contributed by atoms with Gasteiger partial charge in [0.05, 0.1) is 12.9 Å². The molecule has 3 heterocycles. The van der Waals surface area contributed by atoms with E-state index >= 15 is 0 Å². The van der Waals surface area contributed by atoms with E-state index in [1.165, 1.54) is 10.9 Å². The Labute approximate surface area is 131 Å². The van der Waals surface area contributed by atoms with Crippen LogP contribution in [0.3, 0.4) is 0 Å². The van der Waals surface area contributed by atoms with Crippen LogP contribution in [0.15, 0.2) is 12.7 Å². The molecule has 1 aliphatic rings. The fourth-order valence-corrected chi connectivity index (χ4v) is 2.46. The summed E-state index contributed by atoms with van der Waals surface area (Å²) >= 11 is 5.85. The molecule has 0 spiro atoms. The largest absolute Gasteiger partial charge is 0.522 e. The first-order valence-electron chi connectivity index (χ1n) is 6.33. The molecule has 126 valence electrons. The summed E-state index contributed by atoms with van der Waals surface area (Å²) in [6.07, 6.45) is -8.10. The number of alkyl halides is 3. The predicted molar refractivity (Wildman–Crippen MR) is 68.3 cm³/mol. The number of aliphatic hydroxyl groups is 2. The van der Waals surface area contributed by atoms with Crippen LogP contribution in [0.1, 0.15) is 6.23 Å². The van der Waals surface area contributed by atoms with Gasteiger partial charge in [-0.25, -0.2) is 15.0 Å². The molecule has 3 rings (SSSR count). The highest BCUT2D eigenvalue weighted by molar-refractivity contribution is 6.33. The van der Waals surface area contributed by atoms with Gasteiger partial charge in [0.25, 0.3) is 0 Å². The number of hydrogen-bond acceptors (Lipinski definition) is 7. The number of aromatic nitrogens is 4. The maximum atomic E-state index is 12.1. The van der Waals surface area contributed by atoms with Crippen LogP contribution in [-0.2, 0) is 9.47 Å². The van der Waals surface area contributed by atoms with Crippen molar-refractivity contribution < 1.29 is 32.9 Å². The molecule has 0 aromatic carbocycles. The third-order valence-electron chi connectivity index (χ3n) is 3.34. The molecule has 0 saturated carbocycles. The number of nitrogens with zero attached hydrogens (tertiary/aromatic N) is 4. The lowest BCUT2D eigenvalue weighted by molar-refractivity contribution is -0.333. The summed E-state index contributed by atoms with van der Waals surface area (Å²) in [5.41, 5.74) is 0.438. The molecule has 0 bridgehead atoms. The van der Waals surface area contributed by atoms with Crippen LogP contribution in [-0.4, -0.2) is 61.0 Å². The molecular formula is C11H10ClF3N4O4. The molecule has 2 N–H and O–H groups in total. The lowest BCUT2D eigenvalue weighted by Crippen LogP contribution is -2.35. The summed E-state index contributed by atoms with van der Waals surface area (Å²) in [6.45, 7) is -0.958. The van der Waals surface area contributed by atoms with Gasteiger partial charge in [0, 0.05) is 0 Å². The van der Waals surface area contributed by atoms with Crippen LogP contribution in [0, 0.1) is 0 Å². The van der Waals surface area contributed by atoms with Crippen LogP contribution in [0.4, 0.5) is 13.2 Å². The maximum Gasteiger partial charge on any atom is 0.522 e. The quantitative estimate of drug-likeness (QED) is 0.779. The van der Waals surface area contributed by atoms with Crippen LogP contribution < -0.4 is 0 Å². The Morgan fingerprint density at radius 3 is 2.70 bits per heavy atom. The Bertz CT molecular complexity index is 712. The predicted octanol–water partition coefficient (Wildman–Crippen LogP) is 0.635. The first kappa shape index (κ1) is 16.3. The molecule has 12 heteroatoms. The number of hydrogen-bond donors (Lipinski definition) is 2. The average Bonchev–Trinajstić information content (AvgIpc) is 3.01. The summed E-state index contributed by atoms with van der Waals surface area (Å²) in [7, 11) is 0. The van der Waals surface area contributed by atoms with Gasteiger partial charge in [-0.2, -0.15) is 0 Å². The Hall–Kier alpha value is -1.53. The molecule has 0 amide bonds. The van der Waals surface area contributed by atoms with Gasteiger partial charge in [-0.05, 0) is 0 Å². The van der Waals surface area contributed by atoms with Gasteiger partial charge in [-0.15, -0.1) is 13.2 Å². The number of rotatable bonds is 3. The highest BCUT2D eigenvalue weighted by Gasteiger charge is 2.46. The molecule has 2 aromatic rings. The normalized spacial score (nSPS) is 28.6. The number of imidazole rings is 1. The Kier molecular flexibility index (Phi) is 4.14. The van der Waals surface area contributed by atoms with Crippen molar-refractivity contribution >= 4 is 22.8 Å². The van der Waals surface area contributed by atoms with Gasteiger partial charge in [-0.3, -0.25) is 9.30 Å². The van der Waals surface area contributed by atoms with E-state index in [0.29, 0.717) is 0 Å². The second kappa shape index (κ2) is 5.83. The Morgan fingerprint density at radius 2 is 2.00 bits per heavy atom. The molecule has 0 unspecified atom stereocenters. The van der Waals surface area contributed by atoms with Crippen molar-refractivity contribution in [2.75, 3.05) is 6.61 Å². The summed E-state index contributed by atoms with van der Waals surface area (Å²) in [6, 6.07) is 0. The van der Waals surface area contributed by atoms with E-state index < -0.39 is 37.5 Å².